The van der Waals surface area contributed by atoms with Gasteiger partial charge in [-0.25, -0.2) is 0 Å². The third kappa shape index (κ3) is 2.42. The number of hydrogen-bond acceptors (Lipinski definition) is 5. The Hall–Kier alpha value is -0.520. The quantitative estimate of drug-likeness (QED) is 0.823. The number of nitrogens with one attached hydrogen (secondary N) is 1. The van der Waals surface area contributed by atoms with E-state index in [1.165, 1.54) is 12.0 Å². The van der Waals surface area contributed by atoms with Crippen LogP contribution in [-0.4, -0.2) is 30.1 Å². The van der Waals surface area contributed by atoms with Gasteiger partial charge in [0.15, 0.2) is 0 Å². The molecule has 0 saturated carbocycles. The van der Waals surface area contributed by atoms with Gasteiger partial charge < -0.3 is 4.74 Å². The van der Waals surface area contributed by atoms with E-state index in [0.29, 0.717) is 5.25 Å². The first-order valence-electron chi connectivity index (χ1n) is 5.21. The molecule has 0 spiro atoms. The molecule has 1 aliphatic heterocycles. The maximum Gasteiger partial charge on any atom is 0.323 e. The lowest BCUT2D eigenvalue weighted by atomic mass is 10.1. The molecule has 0 aliphatic carbocycles. The maximum absolute atomic E-state index is 11.5. The first-order valence-corrected chi connectivity index (χ1v) is 7.14. The highest BCUT2D eigenvalue weighted by Crippen LogP contribution is 2.33. The van der Waals surface area contributed by atoms with Crippen LogP contribution in [0.4, 0.5) is 0 Å². The summed E-state index contributed by atoms with van der Waals surface area (Å²) in [5.41, 5.74) is 0. The molecule has 0 amide bonds. The minimum absolute atomic E-state index is 0.166. The number of carbonyl (C=O) groups is 1. The molecule has 3 atom stereocenters. The lowest BCUT2D eigenvalue weighted by molar-refractivity contribution is -0.142. The molecule has 3 unspecified atom stereocenters. The summed E-state index contributed by atoms with van der Waals surface area (Å²) in [7, 11) is 1.44. The normalized spacial score (nSPS) is 30.0. The third-order valence-corrected chi connectivity index (χ3v) is 4.99. The molecule has 1 N–H and O–H groups in total. The summed E-state index contributed by atoms with van der Waals surface area (Å²) < 4.78 is 4.78. The van der Waals surface area contributed by atoms with Crippen LogP contribution in [0.2, 0.25) is 0 Å². The van der Waals surface area contributed by atoms with E-state index in [-0.39, 0.29) is 18.1 Å². The van der Waals surface area contributed by atoms with Gasteiger partial charge in [-0.2, -0.15) is 11.8 Å². The van der Waals surface area contributed by atoms with E-state index in [0.717, 1.165) is 5.75 Å². The Labute approximate surface area is 104 Å². The van der Waals surface area contributed by atoms with E-state index < -0.39 is 0 Å². The van der Waals surface area contributed by atoms with Crippen molar-refractivity contribution in [1.29, 1.82) is 0 Å². The molecule has 1 aromatic rings. The number of methoxy groups -OCH3 is 1. The van der Waals surface area contributed by atoms with E-state index in [4.69, 9.17) is 4.74 Å². The topological polar surface area (TPSA) is 38.3 Å². The molecule has 1 aromatic heterocycles. The molecule has 1 saturated heterocycles. The Morgan fingerprint density at radius 1 is 1.62 bits per heavy atom. The predicted molar refractivity (Wildman–Crippen MR) is 67.9 cm³/mol. The Morgan fingerprint density at radius 2 is 2.44 bits per heavy atom. The number of thioether (sulfide) groups is 1. The van der Waals surface area contributed by atoms with Gasteiger partial charge in [0, 0.05) is 15.9 Å². The molecule has 0 radical (unpaired) electrons. The van der Waals surface area contributed by atoms with E-state index in [1.807, 2.05) is 17.8 Å². The Bertz CT molecular complexity index is 353. The molecular weight excluding hydrogens is 242 g/mol. The maximum atomic E-state index is 11.5. The summed E-state index contributed by atoms with van der Waals surface area (Å²) in [6.45, 7) is 2.19. The van der Waals surface area contributed by atoms with Crippen LogP contribution in [0.5, 0.6) is 0 Å². The summed E-state index contributed by atoms with van der Waals surface area (Å²) in [6.07, 6.45) is 0. The Morgan fingerprint density at radius 3 is 3.06 bits per heavy atom. The average Bonchev–Trinajstić information content (AvgIpc) is 2.82. The number of ether oxygens (including phenoxy) is 1. The number of thiophene rings is 1. The molecule has 88 valence electrons. The van der Waals surface area contributed by atoms with Gasteiger partial charge in [-0.15, -0.1) is 11.3 Å². The van der Waals surface area contributed by atoms with Crippen molar-refractivity contribution in [3.8, 4) is 0 Å². The minimum Gasteiger partial charge on any atom is -0.468 e. The SMILES string of the molecule is COC(=O)C1CSC(C)C(c2cccs2)N1. The van der Waals surface area contributed by atoms with Crippen molar-refractivity contribution in [3.63, 3.8) is 0 Å². The second kappa shape index (κ2) is 5.21. The zero-order valence-corrected chi connectivity index (χ0v) is 10.9. The van der Waals surface area contributed by atoms with Gasteiger partial charge in [-0.1, -0.05) is 13.0 Å². The van der Waals surface area contributed by atoms with Crippen LogP contribution in [0.1, 0.15) is 17.8 Å². The third-order valence-electron chi connectivity index (χ3n) is 2.71. The highest BCUT2D eigenvalue weighted by molar-refractivity contribution is 8.00. The minimum atomic E-state index is -0.182. The molecule has 1 fully saturated rings. The van der Waals surface area contributed by atoms with Crippen molar-refractivity contribution in [1.82, 2.24) is 5.32 Å². The monoisotopic (exact) mass is 257 g/mol. The first kappa shape index (κ1) is 12.0. The largest absolute Gasteiger partial charge is 0.468 e. The molecule has 1 aliphatic rings. The summed E-state index contributed by atoms with van der Waals surface area (Å²) in [5.74, 6) is 0.622. The fourth-order valence-corrected chi connectivity index (χ4v) is 3.93. The van der Waals surface area contributed by atoms with Crippen LogP contribution < -0.4 is 5.32 Å². The second-order valence-corrected chi connectivity index (χ2v) is 6.16. The van der Waals surface area contributed by atoms with E-state index >= 15 is 0 Å². The van der Waals surface area contributed by atoms with Gasteiger partial charge in [0.1, 0.15) is 6.04 Å². The zero-order valence-electron chi connectivity index (χ0n) is 9.30. The first-order chi connectivity index (χ1) is 7.72. The standard InChI is InChI=1S/C11H15NO2S2/c1-7-10(9-4-3-5-15-9)12-8(6-16-7)11(13)14-2/h3-5,7-8,10,12H,6H2,1-2H3. The highest BCUT2D eigenvalue weighted by atomic mass is 32.2. The van der Waals surface area contributed by atoms with Gasteiger partial charge in [0.2, 0.25) is 0 Å². The highest BCUT2D eigenvalue weighted by Gasteiger charge is 2.33. The van der Waals surface area contributed by atoms with Gasteiger partial charge in [0.05, 0.1) is 13.2 Å². The molecular formula is C11H15NO2S2. The van der Waals surface area contributed by atoms with Crippen molar-refractivity contribution in [2.24, 2.45) is 0 Å². The molecule has 0 bridgehead atoms. The Kier molecular flexibility index (Phi) is 3.89. The summed E-state index contributed by atoms with van der Waals surface area (Å²) >= 11 is 3.55. The number of carbonyl (C=O) groups excluding carboxylic acids is 1. The zero-order chi connectivity index (χ0) is 11.5. The smallest absolute Gasteiger partial charge is 0.323 e. The van der Waals surface area contributed by atoms with Crippen LogP contribution in [0, 0.1) is 0 Å². The molecule has 5 heteroatoms. The second-order valence-electron chi connectivity index (χ2n) is 3.77. The molecule has 0 aromatic carbocycles. The lowest BCUT2D eigenvalue weighted by Gasteiger charge is -2.33. The van der Waals surface area contributed by atoms with Gasteiger partial charge >= 0.3 is 5.97 Å². The van der Waals surface area contributed by atoms with Crippen LogP contribution in [0.3, 0.4) is 0 Å². The Balaban J connectivity index is 2.09. The van der Waals surface area contributed by atoms with Crippen LogP contribution in [0.25, 0.3) is 0 Å². The summed E-state index contributed by atoms with van der Waals surface area (Å²) in [6, 6.07) is 4.22. The van der Waals surface area contributed by atoms with Gasteiger partial charge in [-0.3, -0.25) is 10.1 Å². The predicted octanol–water partition coefficient (Wildman–Crippen LogP) is 2.06. The van der Waals surface area contributed by atoms with Crippen molar-refractivity contribution in [2.75, 3.05) is 12.9 Å². The van der Waals surface area contributed by atoms with E-state index in [2.05, 4.69) is 23.7 Å². The number of rotatable bonds is 2. The number of hydrogen-bond donors (Lipinski definition) is 1. The summed E-state index contributed by atoms with van der Waals surface area (Å²) in [4.78, 5) is 12.8. The van der Waals surface area contributed by atoms with Crippen molar-refractivity contribution in [2.45, 2.75) is 24.3 Å². The van der Waals surface area contributed by atoms with Crippen LogP contribution >= 0.6 is 23.1 Å². The lowest BCUT2D eigenvalue weighted by Crippen LogP contribution is -2.48. The van der Waals surface area contributed by atoms with Crippen molar-refractivity contribution in [3.05, 3.63) is 22.4 Å². The van der Waals surface area contributed by atoms with Gasteiger partial charge in [0.25, 0.3) is 0 Å². The fraction of sp³-hybridized carbons (Fsp3) is 0.545. The molecule has 2 heterocycles. The van der Waals surface area contributed by atoms with Crippen molar-refractivity contribution < 1.29 is 9.53 Å². The van der Waals surface area contributed by atoms with E-state index in [9.17, 15) is 4.79 Å². The number of esters is 1. The van der Waals surface area contributed by atoms with E-state index in [1.54, 1.807) is 11.3 Å². The fourth-order valence-electron chi connectivity index (χ4n) is 1.80. The van der Waals surface area contributed by atoms with Crippen molar-refractivity contribution >= 4 is 29.1 Å². The molecule has 16 heavy (non-hydrogen) atoms. The molecule has 3 nitrogen and oxygen atoms in total. The average molecular weight is 257 g/mol. The summed E-state index contributed by atoms with van der Waals surface area (Å²) in [5, 5.41) is 5.92. The molecule has 2 rings (SSSR count). The van der Waals surface area contributed by atoms with Crippen LogP contribution in [-0.2, 0) is 9.53 Å². The van der Waals surface area contributed by atoms with Gasteiger partial charge in [-0.05, 0) is 11.4 Å². The van der Waals surface area contributed by atoms with Crippen LogP contribution in [0.15, 0.2) is 17.5 Å².